The van der Waals surface area contributed by atoms with Gasteiger partial charge in [-0.1, -0.05) is 11.3 Å². The second-order valence-corrected chi connectivity index (χ2v) is 7.82. The molecule has 3 heterocycles. The van der Waals surface area contributed by atoms with Crippen molar-refractivity contribution >= 4 is 23.5 Å². The van der Waals surface area contributed by atoms with Crippen LogP contribution in [0, 0.1) is 19.7 Å². The van der Waals surface area contributed by atoms with Gasteiger partial charge in [0.2, 0.25) is 5.06 Å². The van der Waals surface area contributed by atoms with Gasteiger partial charge in [0.05, 0.1) is 29.3 Å². The summed E-state index contributed by atoms with van der Waals surface area (Å²) < 4.78 is 13.8. The van der Waals surface area contributed by atoms with Crippen molar-refractivity contribution in [1.82, 2.24) is 25.3 Å². The number of aliphatic imine (C=N–C) groups is 2. The van der Waals surface area contributed by atoms with E-state index in [1.807, 2.05) is 13.8 Å². The first kappa shape index (κ1) is 22.5. The van der Waals surface area contributed by atoms with Crippen molar-refractivity contribution in [2.45, 2.75) is 33.2 Å². The lowest BCUT2D eigenvalue weighted by Crippen LogP contribution is -2.20. The molecule has 0 saturated carbocycles. The number of H-pyrrole nitrogens is 1. The fourth-order valence-corrected chi connectivity index (χ4v) is 3.60. The highest BCUT2D eigenvalue weighted by Crippen LogP contribution is 2.27. The van der Waals surface area contributed by atoms with Crippen LogP contribution in [-0.4, -0.2) is 50.3 Å². The molecule has 0 bridgehead atoms. The summed E-state index contributed by atoms with van der Waals surface area (Å²) in [5, 5.41) is 14.4. The molecule has 0 fully saturated rings. The molecule has 0 aliphatic heterocycles. The minimum Gasteiger partial charge on any atom is -0.498 e. The van der Waals surface area contributed by atoms with Crippen LogP contribution < -0.4 is 11.1 Å². The number of amidine groups is 1. The maximum atomic E-state index is 13.8. The number of hydrogen-bond donors (Lipinski definition) is 4. The Balaban J connectivity index is 1.57. The number of aryl methyl sites for hydroxylation is 2. The lowest BCUT2D eigenvalue weighted by Gasteiger charge is -2.02. The summed E-state index contributed by atoms with van der Waals surface area (Å²) in [5.74, 6) is 0.627. The van der Waals surface area contributed by atoms with E-state index in [9.17, 15) is 9.50 Å². The van der Waals surface area contributed by atoms with Crippen molar-refractivity contribution in [2.75, 3.05) is 13.1 Å². The highest BCUT2D eigenvalue weighted by Gasteiger charge is 2.16. The Morgan fingerprint density at radius 2 is 2.13 bits per heavy atom. The zero-order valence-electron chi connectivity index (χ0n) is 17.4. The van der Waals surface area contributed by atoms with E-state index in [0.717, 1.165) is 52.9 Å². The third-order valence-corrected chi connectivity index (χ3v) is 5.42. The second kappa shape index (κ2) is 10.7. The van der Waals surface area contributed by atoms with Crippen molar-refractivity contribution in [3.63, 3.8) is 0 Å². The fraction of sp³-hybridized carbons (Fsp3) is 0.350. The number of aromatic nitrogens is 4. The normalized spacial score (nSPS) is 12.2. The second-order valence-electron chi connectivity index (χ2n) is 6.76. The highest BCUT2D eigenvalue weighted by atomic mass is 32.1. The summed E-state index contributed by atoms with van der Waals surface area (Å²) in [7, 11) is 0. The predicted octanol–water partition coefficient (Wildman–Crippen LogP) is 2.03. The number of rotatable bonds is 9. The zero-order valence-corrected chi connectivity index (χ0v) is 18.2. The highest BCUT2D eigenvalue weighted by molar-refractivity contribution is 7.13. The smallest absolute Gasteiger partial charge is 0.203 e. The van der Waals surface area contributed by atoms with Crippen LogP contribution in [0.5, 0.6) is 5.06 Å². The Morgan fingerprint density at radius 3 is 2.84 bits per heavy atom. The van der Waals surface area contributed by atoms with Gasteiger partial charge in [0, 0.05) is 37.8 Å². The monoisotopic (exact) mass is 444 g/mol. The van der Waals surface area contributed by atoms with Crippen LogP contribution in [0.15, 0.2) is 28.3 Å². The van der Waals surface area contributed by atoms with Gasteiger partial charge in [-0.3, -0.25) is 9.98 Å². The minimum atomic E-state index is -0.462. The van der Waals surface area contributed by atoms with Gasteiger partial charge in [-0.15, -0.1) is 0 Å². The van der Waals surface area contributed by atoms with Gasteiger partial charge in [-0.2, -0.15) is 0 Å². The van der Waals surface area contributed by atoms with Crippen LogP contribution in [0.3, 0.4) is 0 Å². The third-order valence-electron chi connectivity index (χ3n) is 4.51. The standard InChI is InChI=1S/C20H25FN8OS/c1-12-13(2)28-16(27-12)5-8-23-9-6-17-29-18(20(30)31-17)19(26-11-22)25-10-15-14(21)4-3-7-24-15/h3-4,7,11,23,30H,5-6,8-10H2,1-2H3,(H,27,28)(H2,22,25,26). The van der Waals surface area contributed by atoms with E-state index in [1.165, 1.54) is 18.3 Å². The summed E-state index contributed by atoms with van der Waals surface area (Å²) in [6, 6.07) is 2.81. The number of nitrogens with one attached hydrogen (secondary N) is 2. The molecule has 0 saturated heterocycles. The molecule has 0 amide bonds. The van der Waals surface area contributed by atoms with Crippen LogP contribution >= 0.6 is 11.3 Å². The van der Waals surface area contributed by atoms with Gasteiger partial charge >= 0.3 is 0 Å². The van der Waals surface area contributed by atoms with Crippen LogP contribution in [0.2, 0.25) is 0 Å². The van der Waals surface area contributed by atoms with Gasteiger partial charge in [0.1, 0.15) is 11.6 Å². The first-order valence-corrected chi connectivity index (χ1v) is 10.6. The number of nitrogens with two attached hydrogens (primary N) is 1. The van der Waals surface area contributed by atoms with Gasteiger partial charge in [-0.05, 0) is 26.0 Å². The van der Waals surface area contributed by atoms with Crippen molar-refractivity contribution in [1.29, 1.82) is 0 Å². The fourth-order valence-electron chi connectivity index (χ4n) is 2.81. The average molecular weight is 445 g/mol. The molecular formula is C20H25FN8OS. The molecular weight excluding hydrogens is 419 g/mol. The molecule has 11 heteroatoms. The number of nitrogens with zero attached hydrogens (tertiary/aromatic N) is 5. The Labute approximate surface area is 183 Å². The van der Waals surface area contributed by atoms with E-state index in [1.54, 1.807) is 0 Å². The van der Waals surface area contributed by atoms with Crippen molar-refractivity contribution in [3.8, 4) is 5.06 Å². The topological polar surface area (TPSA) is 137 Å². The lowest BCUT2D eigenvalue weighted by molar-refractivity contribution is 0.488. The maximum Gasteiger partial charge on any atom is 0.203 e. The molecule has 5 N–H and O–H groups in total. The maximum absolute atomic E-state index is 13.8. The molecule has 0 unspecified atom stereocenters. The van der Waals surface area contributed by atoms with E-state index in [-0.39, 0.29) is 28.8 Å². The number of imidazole rings is 1. The Morgan fingerprint density at radius 1 is 1.32 bits per heavy atom. The Bertz CT molecular complexity index is 1060. The van der Waals surface area contributed by atoms with E-state index >= 15 is 0 Å². The molecule has 3 aromatic rings. The van der Waals surface area contributed by atoms with E-state index in [2.05, 4.69) is 35.2 Å². The van der Waals surface area contributed by atoms with Gasteiger partial charge < -0.3 is 21.1 Å². The molecule has 0 atom stereocenters. The summed E-state index contributed by atoms with van der Waals surface area (Å²) in [6.07, 6.45) is 3.98. The quantitative estimate of drug-likeness (QED) is 0.226. The molecule has 0 aliphatic carbocycles. The van der Waals surface area contributed by atoms with Crippen LogP contribution in [0.1, 0.15) is 33.6 Å². The van der Waals surface area contributed by atoms with Crippen molar-refractivity contribution in [2.24, 2.45) is 15.7 Å². The summed E-state index contributed by atoms with van der Waals surface area (Å²) in [5.41, 5.74) is 7.91. The first-order chi connectivity index (χ1) is 15.0. The first-order valence-electron chi connectivity index (χ1n) is 9.78. The molecule has 164 valence electrons. The van der Waals surface area contributed by atoms with Gasteiger partial charge in [0.25, 0.3) is 0 Å². The van der Waals surface area contributed by atoms with Crippen LogP contribution in [0.25, 0.3) is 0 Å². The molecule has 0 aromatic carbocycles. The number of hydrogen-bond acceptors (Lipinski definition) is 7. The van der Waals surface area contributed by atoms with Gasteiger partial charge in [-0.25, -0.2) is 19.4 Å². The van der Waals surface area contributed by atoms with E-state index in [4.69, 9.17) is 5.73 Å². The minimum absolute atomic E-state index is 0.0117. The third kappa shape index (κ3) is 6.15. The summed E-state index contributed by atoms with van der Waals surface area (Å²) in [4.78, 5) is 24.3. The molecule has 0 radical (unpaired) electrons. The number of thiazole rings is 1. The predicted molar refractivity (Wildman–Crippen MR) is 119 cm³/mol. The van der Waals surface area contributed by atoms with Crippen molar-refractivity contribution in [3.05, 3.63) is 57.8 Å². The Hall–Kier alpha value is -3.18. The number of halogens is 1. The summed E-state index contributed by atoms with van der Waals surface area (Å²) >= 11 is 1.15. The molecule has 0 spiro atoms. The van der Waals surface area contributed by atoms with Crippen LogP contribution in [-0.2, 0) is 19.4 Å². The van der Waals surface area contributed by atoms with E-state index in [0.29, 0.717) is 13.0 Å². The average Bonchev–Trinajstić information content (AvgIpc) is 3.27. The largest absolute Gasteiger partial charge is 0.498 e. The SMILES string of the molecule is Cc1nc(CCNCCc2nc(C(N=CN)=NCc3ncccc3F)c(O)s2)[nH]c1C. The molecule has 9 nitrogen and oxygen atoms in total. The Kier molecular flexibility index (Phi) is 7.79. The van der Waals surface area contributed by atoms with Gasteiger partial charge in [0.15, 0.2) is 11.5 Å². The molecule has 3 rings (SSSR count). The molecule has 31 heavy (non-hydrogen) atoms. The van der Waals surface area contributed by atoms with Crippen LogP contribution in [0.4, 0.5) is 4.39 Å². The molecule has 3 aromatic heterocycles. The summed E-state index contributed by atoms with van der Waals surface area (Å²) in [6.45, 7) is 5.41. The molecule has 0 aliphatic rings. The zero-order chi connectivity index (χ0) is 22.2. The van der Waals surface area contributed by atoms with Crippen molar-refractivity contribution < 1.29 is 9.50 Å². The van der Waals surface area contributed by atoms with E-state index < -0.39 is 5.82 Å². The number of pyridine rings is 1. The lowest BCUT2D eigenvalue weighted by atomic mass is 10.3. The number of aromatic hydroxyl groups is 1. The number of aromatic amines is 1.